The van der Waals surface area contributed by atoms with E-state index in [9.17, 15) is 0 Å². The van der Waals surface area contributed by atoms with Gasteiger partial charge in [0.25, 0.3) is 0 Å². The zero-order valence-electron chi connectivity index (χ0n) is 23.4. The predicted molar refractivity (Wildman–Crippen MR) is 167 cm³/mol. The maximum atomic E-state index is 2.54. The molecule has 0 atom stereocenters. The van der Waals surface area contributed by atoms with Crippen molar-refractivity contribution in [3.63, 3.8) is 0 Å². The Morgan fingerprint density at radius 2 is 0.706 bits per heavy atom. The van der Waals surface area contributed by atoms with Crippen LogP contribution in [0.3, 0.4) is 0 Å². The third kappa shape index (κ3) is 13.5. The minimum absolute atomic E-state index is 1.31. The molecule has 0 aliphatic heterocycles. The van der Waals surface area contributed by atoms with E-state index in [2.05, 4.69) is 52.5 Å². The summed E-state index contributed by atoms with van der Waals surface area (Å²) in [6.07, 6.45) is 22.9. The van der Waals surface area contributed by atoms with Crippen LogP contribution in [0, 0.1) is 0 Å². The zero-order valence-corrected chi connectivity index (χ0v) is 30.8. The van der Waals surface area contributed by atoms with E-state index in [1.54, 1.807) is 16.9 Å². The predicted octanol–water partition coefficient (Wildman–Crippen LogP) is 10.1. The molecule has 194 valence electrons. The van der Waals surface area contributed by atoms with Gasteiger partial charge in [-0.05, 0) is 0 Å². The van der Waals surface area contributed by atoms with Gasteiger partial charge in [0, 0.05) is 0 Å². The Bertz CT molecular complexity index is 710. The van der Waals surface area contributed by atoms with Crippen LogP contribution in [0.4, 0.5) is 0 Å². The molecule has 0 nitrogen and oxygen atoms in total. The fourth-order valence-electron chi connectivity index (χ4n) is 4.58. The molecular formula is C30H54S2Sn2. The number of unbranched alkanes of at least 4 members (excludes halogenated alkanes) is 13. The number of thiophene rings is 2. The van der Waals surface area contributed by atoms with Crippen molar-refractivity contribution < 1.29 is 0 Å². The monoisotopic (exact) mass is 718 g/mol. The topological polar surface area (TPSA) is 0 Å². The fourth-order valence-corrected chi connectivity index (χ4v) is 17.2. The molecule has 0 radical (unpaired) electrons. The van der Waals surface area contributed by atoms with Crippen molar-refractivity contribution in [3.05, 3.63) is 34.0 Å². The summed E-state index contributed by atoms with van der Waals surface area (Å²) in [5.74, 6) is 0. The molecule has 0 aliphatic carbocycles. The summed E-state index contributed by atoms with van der Waals surface area (Å²) in [6, 6.07) is 5.08. The van der Waals surface area contributed by atoms with Gasteiger partial charge in [-0.3, -0.25) is 0 Å². The van der Waals surface area contributed by atoms with Crippen LogP contribution in [0.1, 0.15) is 101 Å². The van der Waals surface area contributed by atoms with Crippen LogP contribution in [0.25, 0.3) is 0 Å². The first-order valence-corrected chi connectivity index (χ1v) is 36.1. The Morgan fingerprint density at radius 1 is 0.441 bits per heavy atom. The number of hydrogen-bond donors (Lipinski definition) is 0. The van der Waals surface area contributed by atoms with E-state index in [0.29, 0.717) is 0 Å². The van der Waals surface area contributed by atoms with Gasteiger partial charge in [0.15, 0.2) is 0 Å². The molecule has 2 aromatic heterocycles. The van der Waals surface area contributed by atoms with E-state index < -0.39 is 36.8 Å². The molecule has 0 spiro atoms. The summed E-state index contributed by atoms with van der Waals surface area (Å²) in [6.45, 7) is 0. The summed E-state index contributed by atoms with van der Waals surface area (Å²) in [7, 11) is 0. The van der Waals surface area contributed by atoms with Crippen molar-refractivity contribution in [1.29, 1.82) is 0 Å². The van der Waals surface area contributed by atoms with Gasteiger partial charge in [-0.1, -0.05) is 0 Å². The van der Waals surface area contributed by atoms with E-state index in [-0.39, 0.29) is 0 Å². The van der Waals surface area contributed by atoms with Crippen LogP contribution < -0.4 is 5.79 Å². The molecule has 0 saturated carbocycles. The Kier molecular flexibility index (Phi) is 15.4. The summed E-state index contributed by atoms with van der Waals surface area (Å²) < 4.78 is 3.49. The van der Waals surface area contributed by atoms with Gasteiger partial charge in [-0.2, -0.15) is 0 Å². The average Bonchev–Trinajstić information content (AvgIpc) is 3.43. The maximum absolute atomic E-state index is 2.54. The molecule has 2 rings (SSSR count). The van der Waals surface area contributed by atoms with Crippen molar-refractivity contribution >= 4 is 65.2 Å². The minimum atomic E-state index is -1.82. The first kappa shape index (κ1) is 31.2. The first-order chi connectivity index (χ1) is 16.2. The van der Waals surface area contributed by atoms with Gasteiger partial charge in [-0.25, -0.2) is 0 Å². The van der Waals surface area contributed by atoms with E-state index in [1.165, 1.54) is 103 Å². The Labute approximate surface area is 229 Å². The van der Waals surface area contributed by atoms with E-state index in [1.807, 2.05) is 22.7 Å². The molecule has 4 heteroatoms. The fraction of sp³-hybridized carbons (Fsp3) is 0.733. The van der Waals surface area contributed by atoms with Gasteiger partial charge in [0.2, 0.25) is 0 Å². The second-order valence-corrected chi connectivity index (χ2v) is 45.2. The molecule has 0 aliphatic rings. The number of aryl methyl sites for hydroxylation is 2. The molecule has 0 unspecified atom stereocenters. The van der Waals surface area contributed by atoms with E-state index in [0.717, 1.165) is 0 Å². The van der Waals surface area contributed by atoms with Crippen molar-refractivity contribution in [2.75, 3.05) is 0 Å². The summed E-state index contributed by atoms with van der Waals surface area (Å²) in [5, 5.41) is 4.87. The molecule has 0 fully saturated rings. The molecule has 0 saturated heterocycles. The SMILES string of the molecule is [CH3][Sn]([CH3])([CH3])[c]1cc(CCCCCCCCCCCCCCCCc2cs[c]([Sn]([CH3])([CH3])[CH3])c2)cs1. The van der Waals surface area contributed by atoms with Crippen LogP contribution in [-0.2, 0) is 12.8 Å². The van der Waals surface area contributed by atoms with E-state index >= 15 is 0 Å². The van der Waals surface area contributed by atoms with Gasteiger partial charge >= 0.3 is 232 Å². The summed E-state index contributed by atoms with van der Waals surface area (Å²) in [4.78, 5) is 15.2. The quantitative estimate of drug-likeness (QED) is 0.100. The van der Waals surface area contributed by atoms with Crippen molar-refractivity contribution in [3.8, 4) is 0 Å². The van der Waals surface area contributed by atoms with Crippen LogP contribution in [0.5, 0.6) is 0 Å². The molecule has 2 aromatic rings. The molecule has 0 amide bonds. The van der Waals surface area contributed by atoms with Crippen LogP contribution in [-0.4, -0.2) is 36.8 Å². The van der Waals surface area contributed by atoms with Gasteiger partial charge in [-0.15, -0.1) is 0 Å². The molecular weight excluding hydrogens is 662 g/mol. The van der Waals surface area contributed by atoms with Gasteiger partial charge < -0.3 is 0 Å². The van der Waals surface area contributed by atoms with Crippen molar-refractivity contribution in [2.45, 2.75) is 132 Å². The molecule has 2 heterocycles. The van der Waals surface area contributed by atoms with Gasteiger partial charge in [0.1, 0.15) is 0 Å². The Morgan fingerprint density at radius 3 is 0.941 bits per heavy atom. The zero-order chi connectivity index (χ0) is 24.9. The number of hydrogen-bond acceptors (Lipinski definition) is 2. The average molecular weight is 716 g/mol. The van der Waals surface area contributed by atoms with E-state index in [4.69, 9.17) is 0 Å². The Hall–Kier alpha value is 0.997. The Balaban J connectivity index is 1.32. The molecule has 0 bridgehead atoms. The van der Waals surface area contributed by atoms with Crippen LogP contribution in [0.2, 0.25) is 29.6 Å². The third-order valence-corrected chi connectivity index (χ3v) is 28.0. The second kappa shape index (κ2) is 16.8. The first-order valence-electron chi connectivity index (χ1n) is 14.3. The van der Waals surface area contributed by atoms with Crippen LogP contribution in [0.15, 0.2) is 22.9 Å². The molecule has 0 N–H and O–H groups in total. The van der Waals surface area contributed by atoms with Crippen LogP contribution >= 0.6 is 22.7 Å². The number of rotatable bonds is 19. The van der Waals surface area contributed by atoms with Gasteiger partial charge in [0.05, 0.1) is 0 Å². The second-order valence-electron chi connectivity index (χ2n) is 12.6. The molecule has 0 aromatic carbocycles. The van der Waals surface area contributed by atoms with Crippen molar-refractivity contribution in [2.24, 2.45) is 0 Å². The third-order valence-electron chi connectivity index (χ3n) is 6.97. The standard InChI is InChI=1S/C24H36S2.6CH3.2Sn/c1(3-5-7-9-11-13-15-23-17-19-25-21-23)2-4-6-8-10-12-14-16-24-18-20-26-22-24;;;;;;;;/h17-18,21-22H,1-16H2;6*1H3;;. The molecule has 34 heavy (non-hydrogen) atoms. The normalized spacial score (nSPS) is 12.5. The summed E-state index contributed by atoms with van der Waals surface area (Å²) in [5.41, 5.74) is 3.23. The van der Waals surface area contributed by atoms with Crippen molar-refractivity contribution in [1.82, 2.24) is 0 Å². The summed E-state index contributed by atoms with van der Waals surface area (Å²) >= 11 is 0.440.